The van der Waals surface area contributed by atoms with Crippen LogP contribution in [0.15, 0.2) is 34.9 Å². The van der Waals surface area contributed by atoms with Gasteiger partial charge in [0.15, 0.2) is 0 Å². The number of anilines is 1. The molecule has 0 saturated carbocycles. The Hall–Kier alpha value is -1.06. The monoisotopic (exact) mass is 350 g/mol. The first-order valence-electron chi connectivity index (χ1n) is 6.83. The SMILES string of the molecule is CC(Nc1cnc(Cl)c(Br)c1)c1ccc2c(c1)CCC2. The molecule has 4 heteroatoms. The predicted molar refractivity (Wildman–Crippen MR) is 87.5 cm³/mol. The fraction of sp³-hybridized carbons (Fsp3) is 0.312. The van der Waals surface area contributed by atoms with Crippen LogP contribution in [0.25, 0.3) is 0 Å². The Morgan fingerprint density at radius 2 is 2.05 bits per heavy atom. The second-order valence-corrected chi connectivity index (χ2v) is 6.46. The Kier molecular flexibility index (Phi) is 3.99. The lowest BCUT2D eigenvalue weighted by Crippen LogP contribution is -2.07. The Morgan fingerprint density at radius 1 is 1.25 bits per heavy atom. The van der Waals surface area contributed by atoms with Crippen LogP contribution in [0.1, 0.15) is 36.1 Å². The van der Waals surface area contributed by atoms with E-state index >= 15 is 0 Å². The predicted octanol–water partition coefficient (Wildman–Crippen LogP) is 5.16. The number of hydrogen-bond acceptors (Lipinski definition) is 2. The number of rotatable bonds is 3. The maximum absolute atomic E-state index is 5.91. The van der Waals surface area contributed by atoms with Crippen molar-refractivity contribution in [3.63, 3.8) is 0 Å². The van der Waals surface area contributed by atoms with Crippen molar-refractivity contribution >= 4 is 33.2 Å². The molecule has 1 heterocycles. The van der Waals surface area contributed by atoms with Gasteiger partial charge in [0.25, 0.3) is 0 Å². The molecule has 0 bridgehead atoms. The highest BCUT2D eigenvalue weighted by Crippen LogP contribution is 2.28. The third kappa shape index (κ3) is 2.84. The minimum Gasteiger partial charge on any atom is -0.377 e. The molecule has 104 valence electrons. The van der Waals surface area contributed by atoms with E-state index in [4.69, 9.17) is 11.6 Å². The summed E-state index contributed by atoms with van der Waals surface area (Å²) in [5.74, 6) is 0. The number of aryl methyl sites for hydroxylation is 2. The summed E-state index contributed by atoms with van der Waals surface area (Å²) in [7, 11) is 0. The molecule has 0 fully saturated rings. The van der Waals surface area contributed by atoms with Gasteiger partial charge in [-0.2, -0.15) is 0 Å². The summed E-state index contributed by atoms with van der Waals surface area (Å²) < 4.78 is 0.810. The molecule has 2 aromatic rings. The molecule has 2 nitrogen and oxygen atoms in total. The van der Waals surface area contributed by atoms with Gasteiger partial charge in [-0.1, -0.05) is 29.8 Å². The molecule has 0 spiro atoms. The van der Waals surface area contributed by atoms with Crippen LogP contribution in [0.2, 0.25) is 5.15 Å². The fourth-order valence-electron chi connectivity index (χ4n) is 2.69. The Labute approximate surface area is 132 Å². The highest BCUT2D eigenvalue weighted by Gasteiger charge is 2.13. The van der Waals surface area contributed by atoms with E-state index in [1.165, 1.54) is 36.0 Å². The van der Waals surface area contributed by atoms with Gasteiger partial charge < -0.3 is 5.32 Å². The number of hydrogen-bond donors (Lipinski definition) is 1. The number of fused-ring (bicyclic) bond motifs is 1. The van der Waals surface area contributed by atoms with E-state index in [1.54, 1.807) is 6.20 Å². The zero-order valence-electron chi connectivity index (χ0n) is 11.3. The fourth-order valence-corrected chi connectivity index (χ4v) is 3.15. The van der Waals surface area contributed by atoms with Crippen molar-refractivity contribution in [3.05, 3.63) is 56.8 Å². The maximum atomic E-state index is 5.91. The normalized spacial score (nSPS) is 14.9. The van der Waals surface area contributed by atoms with Crippen molar-refractivity contribution in [2.45, 2.75) is 32.2 Å². The third-order valence-corrected chi connectivity index (χ3v) is 4.94. The van der Waals surface area contributed by atoms with Crippen LogP contribution < -0.4 is 5.32 Å². The first kappa shape index (κ1) is 13.9. The number of aromatic nitrogens is 1. The van der Waals surface area contributed by atoms with Crippen LogP contribution in [-0.4, -0.2) is 4.98 Å². The van der Waals surface area contributed by atoms with Crippen molar-refractivity contribution in [1.29, 1.82) is 0 Å². The van der Waals surface area contributed by atoms with E-state index in [0.717, 1.165) is 10.2 Å². The second-order valence-electron chi connectivity index (χ2n) is 5.24. The molecule has 1 unspecified atom stereocenters. The van der Waals surface area contributed by atoms with Gasteiger partial charge in [0, 0.05) is 6.04 Å². The first-order valence-corrected chi connectivity index (χ1v) is 8.00. The first-order chi connectivity index (χ1) is 9.63. The van der Waals surface area contributed by atoms with E-state index < -0.39 is 0 Å². The van der Waals surface area contributed by atoms with Crippen molar-refractivity contribution in [2.24, 2.45) is 0 Å². The number of nitrogens with one attached hydrogen (secondary N) is 1. The van der Waals surface area contributed by atoms with E-state index in [0.29, 0.717) is 5.15 Å². The largest absolute Gasteiger partial charge is 0.377 e. The summed E-state index contributed by atoms with van der Waals surface area (Å²) in [6, 6.07) is 9.03. The van der Waals surface area contributed by atoms with Gasteiger partial charge in [-0.05, 0) is 64.9 Å². The van der Waals surface area contributed by atoms with E-state index in [1.807, 2.05) is 6.07 Å². The summed E-state index contributed by atoms with van der Waals surface area (Å²) in [5, 5.41) is 3.95. The molecule has 0 radical (unpaired) electrons. The summed E-state index contributed by atoms with van der Waals surface area (Å²) in [5.41, 5.74) is 5.30. The number of nitrogens with zero attached hydrogens (tertiary/aromatic N) is 1. The van der Waals surface area contributed by atoms with Crippen molar-refractivity contribution in [3.8, 4) is 0 Å². The Balaban J connectivity index is 1.78. The molecule has 1 aromatic heterocycles. The highest BCUT2D eigenvalue weighted by atomic mass is 79.9. The topological polar surface area (TPSA) is 24.9 Å². The van der Waals surface area contributed by atoms with Gasteiger partial charge in [0.2, 0.25) is 0 Å². The average Bonchev–Trinajstić information content (AvgIpc) is 2.90. The van der Waals surface area contributed by atoms with E-state index in [2.05, 4.69) is 51.4 Å². The molecule has 1 aliphatic carbocycles. The number of benzene rings is 1. The Bertz CT molecular complexity index is 642. The quantitative estimate of drug-likeness (QED) is 0.773. The van der Waals surface area contributed by atoms with Gasteiger partial charge >= 0.3 is 0 Å². The minimum atomic E-state index is 0.246. The van der Waals surface area contributed by atoms with Crippen molar-refractivity contribution in [2.75, 3.05) is 5.32 Å². The number of halogens is 2. The summed E-state index contributed by atoms with van der Waals surface area (Å²) in [6.07, 6.45) is 5.49. The maximum Gasteiger partial charge on any atom is 0.143 e. The van der Waals surface area contributed by atoms with E-state index in [-0.39, 0.29) is 6.04 Å². The van der Waals surface area contributed by atoms with Crippen LogP contribution in [-0.2, 0) is 12.8 Å². The number of pyridine rings is 1. The molecule has 1 aromatic carbocycles. The van der Waals surface area contributed by atoms with Crippen LogP contribution in [0, 0.1) is 0 Å². The Morgan fingerprint density at radius 3 is 2.85 bits per heavy atom. The molecule has 0 aliphatic heterocycles. The smallest absolute Gasteiger partial charge is 0.143 e. The summed E-state index contributed by atoms with van der Waals surface area (Å²) in [4.78, 5) is 4.14. The van der Waals surface area contributed by atoms with Gasteiger partial charge in [-0.25, -0.2) is 4.98 Å². The summed E-state index contributed by atoms with van der Waals surface area (Å²) in [6.45, 7) is 2.17. The van der Waals surface area contributed by atoms with Crippen LogP contribution in [0.4, 0.5) is 5.69 Å². The lowest BCUT2D eigenvalue weighted by Gasteiger charge is -2.17. The molecule has 20 heavy (non-hydrogen) atoms. The van der Waals surface area contributed by atoms with Gasteiger partial charge in [-0.3, -0.25) is 0 Å². The van der Waals surface area contributed by atoms with E-state index in [9.17, 15) is 0 Å². The third-order valence-electron chi connectivity index (χ3n) is 3.80. The molecule has 1 aliphatic rings. The van der Waals surface area contributed by atoms with Crippen LogP contribution >= 0.6 is 27.5 Å². The molecule has 0 saturated heterocycles. The minimum absolute atomic E-state index is 0.246. The van der Waals surface area contributed by atoms with Crippen LogP contribution in [0.5, 0.6) is 0 Å². The highest BCUT2D eigenvalue weighted by molar-refractivity contribution is 9.10. The molecular formula is C16H16BrClN2. The van der Waals surface area contributed by atoms with Gasteiger partial charge in [0.1, 0.15) is 5.15 Å². The van der Waals surface area contributed by atoms with Crippen molar-refractivity contribution < 1.29 is 0 Å². The molecule has 0 amide bonds. The van der Waals surface area contributed by atoms with Crippen LogP contribution in [0.3, 0.4) is 0 Å². The summed E-state index contributed by atoms with van der Waals surface area (Å²) >= 11 is 9.31. The van der Waals surface area contributed by atoms with Gasteiger partial charge in [-0.15, -0.1) is 0 Å². The zero-order valence-corrected chi connectivity index (χ0v) is 13.6. The molecular weight excluding hydrogens is 336 g/mol. The van der Waals surface area contributed by atoms with Crippen molar-refractivity contribution in [1.82, 2.24) is 4.98 Å². The lowest BCUT2D eigenvalue weighted by molar-refractivity contribution is 0.877. The standard InChI is InChI=1S/C16H16BrClN2/c1-10(20-14-8-15(17)16(18)19-9-14)12-6-5-11-3-2-4-13(11)7-12/h5-10,20H,2-4H2,1H3. The second kappa shape index (κ2) is 5.74. The molecule has 1 N–H and O–H groups in total. The van der Waals surface area contributed by atoms with Gasteiger partial charge in [0.05, 0.1) is 16.4 Å². The zero-order chi connectivity index (χ0) is 14.1. The molecule has 1 atom stereocenters. The lowest BCUT2D eigenvalue weighted by atomic mass is 10.0. The average molecular weight is 352 g/mol. The molecule has 3 rings (SSSR count).